The van der Waals surface area contributed by atoms with Crippen molar-refractivity contribution in [3.8, 4) is 5.69 Å². The Balaban J connectivity index is 2.09. The van der Waals surface area contributed by atoms with Gasteiger partial charge in [0.1, 0.15) is 11.5 Å². The molecule has 9 heteroatoms. The van der Waals surface area contributed by atoms with Crippen molar-refractivity contribution in [3.63, 3.8) is 0 Å². The lowest BCUT2D eigenvalue weighted by molar-refractivity contribution is -0.137. The minimum atomic E-state index is -0.948. The summed E-state index contributed by atoms with van der Waals surface area (Å²) >= 11 is 0. The molecule has 2 amide bonds. The molecule has 1 aromatic carbocycles. The summed E-state index contributed by atoms with van der Waals surface area (Å²) in [5.74, 6) is -2.24. The van der Waals surface area contributed by atoms with E-state index >= 15 is 0 Å². The molecule has 0 unspecified atom stereocenters. The number of nitrogens with one attached hydrogen (secondary N) is 2. The van der Waals surface area contributed by atoms with Crippen LogP contribution in [0.2, 0.25) is 0 Å². The highest BCUT2D eigenvalue weighted by Gasteiger charge is 2.22. The Labute approximate surface area is 149 Å². The SMILES string of the molecule is Cc1cc(NC(=O)NC(C)(C)CCC(=O)O)nn1-c1ccc(F)cc1F. The summed E-state index contributed by atoms with van der Waals surface area (Å²) in [6.07, 6.45) is 0.175. The molecule has 7 nitrogen and oxygen atoms in total. The summed E-state index contributed by atoms with van der Waals surface area (Å²) in [5.41, 5.74) is -0.140. The monoisotopic (exact) mass is 366 g/mol. The van der Waals surface area contributed by atoms with Crippen LogP contribution in [-0.4, -0.2) is 32.4 Å². The van der Waals surface area contributed by atoms with Crippen molar-refractivity contribution in [3.05, 3.63) is 41.6 Å². The number of urea groups is 1. The Morgan fingerprint density at radius 3 is 2.58 bits per heavy atom. The number of nitrogens with zero attached hydrogens (tertiary/aromatic N) is 2. The number of hydrogen-bond acceptors (Lipinski definition) is 3. The Hall–Kier alpha value is -2.97. The molecule has 2 rings (SSSR count). The maximum absolute atomic E-state index is 13.9. The van der Waals surface area contributed by atoms with Crippen LogP contribution in [0.4, 0.5) is 19.4 Å². The second-order valence-electron chi connectivity index (χ2n) is 6.54. The van der Waals surface area contributed by atoms with Crippen molar-refractivity contribution >= 4 is 17.8 Å². The van der Waals surface area contributed by atoms with Crippen molar-refractivity contribution in [1.82, 2.24) is 15.1 Å². The first-order valence-electron chi connectivity index (χ1n) is 7.90. The first-order chi connectivity index (χ1) is 12.1. The standard InChI is InChI=1S/C17H20F2N4O3/c1-10-8-14(20-16(26)21-17(2,3)7-6-15(24)25)22-23(10)13-5-4-11(18)9-12(13)19/h4-5,8-9H,6-7H2,1-3H3,(H,24,25)(H2,20,21,22,26). The molecule has 0 atom stereocenters. The average molecular weight is 366 g/mol. The van der Waals surface area contributed by atoms with Crippen LogP contribution in [0.5, 0.6) is 0 Å². The zero-order chi connectivity index (χ0) is 19.5. The van der Waals surface area contributed by atoms with Gasteiger partial charge >= 0.3 is 12.0 Å². The predicted octanol–water partition coefficient (Wildman–Crippen LogP) is 3.22. The van der Waals surface area contributed by atoms with Crippen molar-refractivity contribution in [1.29, 1.82) is 0 Å². The van der Waals surface area contributed by atoms with E-state index in [2.05, 4.69) is 15.7 Å². The van der Waals surface area contributed by atoms with Gasteiger partial charge in [-0.2, -0.15) is 0 Å². The predicted molar refractivity (Wildman–Crippen MR) is 91.3 cm³/mol. The molecule has 0 aliphatic heterocycles. The van der Waals surface area contributed by atoms with E-state index in [-0.39, 0.29) is 24.3 Å². The molecule has 0 aliphatic carbocycles. The quantitative estimate of drug-likeness (QED) is 0.731. The normalized spacial score (nSPS) is 11.3. The van der Waals surface area contributed by atoms with Crippen molar-refractivity contribution in [2.24, 2.45) is 0 Å². The van der Waals surface area contributed by atoms with E-state index < -0.39 is 29.2 Å². The zero-order valence-electron chi connectivity index (χ0n) is 14.6. The first-order valence-corrected chi connectivity index (χ1v) is 7.90. The number of aryl methyl sites for hydroxylation is 1. The molecule has 0 saturated heterocycles. The maximum atomic E-state index is 13.9. The van der Waals surface area contributed by atoms with Gasteiger partial charge in [0.15, 0.2) is 11.6 Å². The number of aromatic nitrogens is 2. The second-order valence-corrected chi connectivity index (χ2v) is 6.54. The van der Waals surface area contributed by atoms with Crippen LogP contribution >= 0.6 is 0 Å². The number of carbonyl (C=O) groups is 2. The Kier molecular flexibility index (Phi) is 5.59. The summed E-state index contributed by atoms with van der Waals surface area (Å²) in [7, 11) is 0. The smallest absolute Gasteiger partial charge is 0.320 e. The van der Waals surface area contributed by atoms with Crippen molar-refractivity contribution < 1.29 is 23.5 Å². The molecule has 3 N–H and O–H groups in total. The number of rotatable bonds is 6. The van der Waals surface area contributed by atoms with Crippen LogP contribution in [0.1, 0.15) is 32.4 Å². The molecule has 1 aromatic heterocycles. The fraction of sp³-hybridized carbons (Fsp3) is 0.353. The van der Waals surface area contributed by atoms with Crippen LogP contribution in [0.25, 0.3) is 5.69 Å². The summed E-state index contributed by atoms with van der Waals surface area (Å²) in [5, 5.41) is 18.0. The molecule has 0 fully saturated rings. The Morgan fingerprint density at radius 2 is 1.96 bits per heavy atom. The molecule has 0 radical (unpaired) electrons. The molecule has 26 heavy (non-hydrogen) atoms. The highest BCUT2D eigenvalue weighted by molar-refractivity contribution is 5.88. The Morgan fingerprint density at radius 1 is 1.27 bits per heavy atom. The van der Waals surface area contributed by atoms with Gasteiger partial charge in [0, 0.05) is 29.8 Å². The molecule has 140 valence electrons. The van der Waals surface area contributed by atoms with E-state index in [1.165, 1.54) is 16.8 Å². The fourth-order valence-corrected chi connectivity index (χ4v) is 2.37. The summed E-state index contributed by atoms with van der Waals surface area (Å²) in [4.78, 5) is 22.7. The van der Waals surface area contributed by atoms with Gasteiger partial charge in [-0.25, -0.2) is 18.3 Å². The zero-order valence-corrected chi connectivity index (χ0v) is 14.6. The highest BCUT2D eigenvalue weighted by atomic mass is 19.1. The summed E-state index contributed by atoms with van der Waals surface area (Å²) < 4.78 is 28.2. The summed E-state index contributed by atoms with van der Waals surface area (Å²) in [6, 6.07) is 4.09. The number of halogens is 2. The van der Waals surface area contributed by atoms with Crippen LogP contribution in [0.15, 0.2) is 24.3 Å². The van der Waals surface area contributed by atoms with E-state index in [1.54, 1.807) is 20.8 Å². The third-order valence-corrected chi connectivity index (χ3v) is 3.68. The maximum Gasteiger partial charge on any atom is 0.320 e. The van der Waals surface area contributed by atoms with Gasteiger partial charge in [0.25, 0.3) is 0 Å². The molecule has 1 heterocycles. The number of carbonyl (C=O) groups excluding carboxylic acids is 1. The van der Waals surface area contributed by atoms with Crippen LogP contribution in [0.3, 0.4) is 0 Å². The lowest BCUT2D eigenvalue weighted by Gasteiger charge is -2.25. The number of hydrogen-bond donors (Lipinski definition) is 3. The topological polar surface area (TPSA) is 96.2 Å². The number of amides is 2. The number of aliphatic carboxylic acids is 1. The first kappa shape index (κ1) is 19.4. The molecular formula is C17H20F2N4O3. The number of carboxylic acid groups (broad SMARTS) is 1. The van der Waals surface area contributed by atoms with Gasteiger partial charge in [0.05, 0.1) is 0 Å². The van der Waals surface area contributed by atoms with E-state index in [9.17, 15) is 18.4 Å². The van der Waals surface area contributed by atoms with E-state index in [1.807, 2.05) is 0 Å². The minimum absolute atomic E-state index is 0.0548. The highest BCUT2D eigenvalue weighted by Crippen LogP contribution is 2.19. The van der Waals surface area contributed by atoms with E-state index in [4.69, 9.17) is 5.11 Å². The summed E-state index contributed by atoms with van der Waals surface area (Å²) in [6.45, 7) is 5.07. The van der Waals surface area contributed by atoms with Gasteiger partial charge in [-0.1, -0.05) is 0 Å². The van der Waals surface area contributed by atoms with Crippen molar-refractivity contribution in [2.75, 3.05) is 5.32 Å². The molecule has 2 aromatic rings. The van der Waals surface area contributed by atoms with Gasteiger partial charge in [-0.15, -0.1) is 5.10 Å². The molecule has 0 aliphatic rings. The minimum Gasteiger partial charge on any atom is -0.481 e. The van der Waals surface area contributed by atoms with Crippen molar-refractivity contribution in [2.45, 2.75) is 39.2 Å². The second kappa shape index (κ2) is 7.51. The molecule has 0 spiro atoms. The van der Waals surface area contributed by atoms with E-state index in [0.717, 1.165) is 12.1 Å². The number of anilines is 1. The van der Waals surface area contributed by atoms with Crippen LogP contribution in [0, 0.1) is 18.6 Å². The molecule has 0 saturated carbocycles. The number of carboxylic acids is 1. The lowest BCUT2D eigenvalue weighted by atomic mass is 9.99. The molecule has 0 bridgehead atoms. The third kappa shape index (κ3) is 5.01. The van der Waals surface area contributed by atoms with Crippen LogP contribution < -0.4 is 10.6 Å². The van der Waals surface area contributed by atoms with Gasteiger partial charge in [-0.05, 0) is 39.3 Å². The van der Waals surface area contributed by atoms with Gasteiger partial charge in [0.2, 0.25) is 0 Å². The fourth-order valence-electron chi connectivity index (χ4n) is 2.37. The average Bonchev–Trinajstić information content (AvgIpc) is 2.85. The van der Waals surface area contributed by atoms with Crippen LogP contribution in [-0.2, 0) is 4.79 Å². The van der Waals surface area contributed by atoms with Gasteiger partial charge in [-0.3, -0.25) is 10.1 Å². The third-order valence-electron chi connectivity index (χ3n) is 3.68. The largest absolute Gasteiger partial charge is 0.481 e. The Bertz CT molecular complexity index is 833. The molecular weight excluding hydrogens is 346 g/mol. The number of benzene rings is 1. The lowest BCUT2D eigenvalue weighted by Crippen LogP contribution is -2.45. The van der Waals surface area contributed by atoms with E-state index in [0.29, 0.717) is 5.69 Å². The van der Waals surface area contributed by atoms with Gasteiger partial charge < -0.3 is 10.4 Å².